The largest absolute Gasteiger partial charge is 0.335 e. The van der Waals surface area contributed by atoms with Crippen molar-refractivity contribution < 1.29 is 9.59 Å². The first-order chi connectivity index (χ1) is 13.0. The van der Waals surface area contributed by atoms with Gasteiger partial charge in [-0.25, -0.2) is 0 Å². The molecule has 0 aliphatic carbocycles. The fourth-order valence-electron chi connectivity index (χ4n) is 2.84. The standard InChI is InChI=1S/C21H22ClN3O2/c1-24-11-13-25(14-12-24)21(27)19(15-16-7-9-18(22)10-8-16)23-20(26)17-5-3-2-4-6-17/h2-10,15H,11-14H2,1H3,(H,23,26). The molecule has 3 rings (SSSR count). The quantitative estimate of drug-likeness (QED) is 0.826. The lowest BCUT2D eigenvalue weighted by atomic mass is 10.1. The molecule has 0 radical (unpaired) electrons. The van der Waals surface area contributed by atoms with Crippen molar-refractivity contribution in [3.63, 3.8) is 0 Å². The summed E-state index contributed by atoms with van der Waals surface area (Å²) in [7, 11) is 2.03. The molecule has 0 spiro atoms. The number of piperazine rings is 1. The van der Waals surface area contributed by atoms with Crippen LogP contribution < -0.4 is 5.32 Å². The van der Waals surface area contributed by atoms with Crippen LogP contribution in [0.3, 0.4) is 0 Å². The first kappa shape index (κ1) is 19.1. The van der Waals surface area contributed by atoms with Crippen molar-refractivity contribution in [1.29, 1.82) is 0 Å². The van der Waals surface area contributed by atoms with E-state index in [4.69, 9.17) is 11.6 Å². The summed E-state index contributed by atoms with van der Waals surface area (Å²) < 4.78 is 0. The molecule has 1 heterocycles. The van der Waals surface area contributed by atoms with Gasteiger partial charge in [-0.05, 0) is 43.0 Å². The fourth-order valence-corrected chi connectivity index (χ4v) is 2.97. The predicted molar refractivity (Wildman–Crippen MR) is 107 cm³/mol. The number of likely N-dealkylation sites (N-methyl/N-ethyl adjacent to an activating group) is 1. The predicted octanol–water partition coefficient (Wildman–Crippen LogP) is 2.88. The molecule has 2 amide bonds. The first-order valence-corrected chi connectivity index (χ1v) is 9.22. The number of benzene rings is 2. The minimum absolute atomic E-state index is 0.178. The van der Waals surface area contributed by atoms with E-state index in [1.807, 2.05) is 25.2 Å². The summed E-state index contributed by atoms with van der Waals surface area (Å²) in [5, 5.41) is 3.41. The fraction of sp³-hybridized carbons (Fsp3) is 0.238. The van der Waals surface area contributed by atoms with Crippen molar-refractivity contribution in [2.24, 2.45) is 0 Å². The smallest absolute Gasteiger partial charge is 0.270 e. The number of halogens is 1. The average Bonchev–Trinajstić information content (AvgIpc) is 2.70. The number of rotatable bonds is 4. The molecule has 1 aliphatic rings. The summed E-state index contributed by atoms with van der Waals surface area (Å²) in [6, 6.07) is 16.0. The van der Waals surface area contributed by atoms with E-state index in [9.17, 15) is 9.59 Å². The zero-order valence-electron chi connectivity index (χ0n) is 15.2. The van der Waals surface area contributed by atoms with Crippen molar-refractivity contribution in [1.82, 2.24) is 15.1 Å². The maximum absolute atomic E-state index is 13.0. The number of hydrogen-bond acceptors (Lipinski definition) is 3. The molecule has 0 aromatic heterocycles. The molecular formula is C21H22ClN3O2. The van der Waals surface area contributed by atoms with Gasteiger partial charge < -0.3 is 15.1 Å². The van der Waals surface area contributed by atoms with E-state index in [-0.39, 0.29) is 17.5 Å². The van der Waals surface area contributed by atoms with E-state index in [2.05, 4.69) is 10.2 Å². The maximum atomic E-state index is 13.0. The Morgan fingerprint density at radius 1 is 0.963 bits per heavy atom. The lowest BCUT2D eigenvalue weighted by Gasteiger charge is -2.33. The number of hydrogen-bond donors (Lipinski definition) is 1. The Labute approximate surface area is 164 Å². The molecule has 0 atom stereocenters. The molecule has 140 valence electrons. The van der Waals surface area contributed by atoms with Gasteiger partial charge in [0.25, 0.3) is 11.8 Å². The Balaban J connectivity index is 1.85. The molecule has 1 saturated heterocycles. The van der Waals surface area contributed by atoms with Crippen molar-refractivity contribution in [3.05, 3.63) is 76.4 Å². The number of nitrogens with one attached hydrogen (secondary N) is 1. The molecule has 2 aromatic carbocycles. The Morgan fingerprint density at radius 2 is 1.59 bits per heavy atom. The van der Waals surface area contributed by atoms with Gasteiger partial charge in [-0.15, -0.1) is 0 Å². The summed E-state index contributed by atoms with van der Waals surface area (Å²) >= 11 is 5.94. The summed E-state index contributed by atoms with van der Waals surface area (Å²) in [5.74, 6) is -0.486. The Bertz CT molecular complexity index is 826. The highest BCUT2D eigenvalue weighted by atomic mass is 35.5. The molecule has 1 N–H and O–H groups in total. The van der Waals surface area contributed by atoms with Crippen LogP contribution in [0.25, 0.3) is 6.08 Å². The minimum Gasteiger partial charge on any atom is -0.335 e. The van der Waals surface area contributed by atoms with Gasteiger partial charge >= 0.3 is 0 Å². The second-order valence-electron chi connectivity index (χ2n) is 6.53. The molecule has 2 aromatic rings. The summed E-state index contributed by atoms with van der Waals surface area (Å²) in [6.45, 7) is 2.89. The summed E-state index contributed by atoms with van der Waals surface area (Å²) in [4.78, 5) is 29.6. The maximum Gasteiger partial charge on any atom is 0.270 e. The van der Waals surface area contributed by atoms with Gasteiger partial charge in [-0.1, -0.05) is 41.9 Å². The van der Waals surface area contributed by atoms with Crippen LogP contribution in [-0.2, 0) is 4.79 Å². The molecule has 5 nitrogen and oxygen atoms in total. The molecule has 6 heteroatoms. The Hall–Kier alpha value is -2.63. The van der Waals surface area contributed by atoms with Gasteiger partial charge in [0, 0.05) is 36.8 Å². The second kappa shape index (κ2) is 8.84. The molecule has 27 heavy (non-hydrogen) atoms. The molecular weight excluding hydrogens is 362 g/mol. The zero-order valence-corrected chi connectivity index (χ0v) is 15.9. The van der Waals surface area contributed by atoms with E-state index >= 15 is 0 Å². The van der Waals surface area contributed by atoms with Crippen molar-refractivity contribution in [2.75, 3.05) is 33.2 Å². The van der Waals surface area contributed by atoms with Gasteiger partial charge in [0.05, 0.1) is 0 Å². The van der Waals surface area contributed by atoms with Crippen LogP contribution in [0.1, 0.15) is 15.9 Å². The van der Waals surface area contributed by atoms with Crippen LogP contribution in [0.2, 0.25) is 5.02 Å². The van der Waals surface area contributed by atoms with E-state index in [1.165, 1.54) is 0 Å². The lowest BCUT2D eigenvalue weighted by molar-refractivity contribution is -0.128. The number of nitrogens with zero attached hydrogens (tertiary/aromatic N) is 2. The van der Waals surface area contributed by atoms with E-state index in [0.29, 0.717) is 23.7 Å². The highest BCUT2D eigenvalue weighted by Crippen LogP contribution is 2.14. The number of amides is 2. The SMILES string of the molecule is CN1CCN(C(=O)C(=Cc2ccc(Cl)cc2)NC(=O)c2ccccc2)CC1. The summed E-state index contributed by atoms with van der Waals surface area (Å²) in [5.41, 5.74) is 1.56. The van der Waals surface area contributed by atoms with Gasteiger partial charge in [0.15, 0.2) is 0 Å². The third-order valence-corrected chi connectivity index (χ3v) is 4.74. The van der Waals surface area contributed by atoms with Crippen LogP contribution in [0.15, 0.2) is 60.3 Å². The normalized spacial score (nSPS) is 15.5. The Kier molecular flexibility index (Phi) is 6.27. The highest BCUT2D eigenvalue weighted by Gasteiger charge is 2.23. The third-order valence-electron chi connectivity index (χ3n) is 4.49. The topological polar surface area (TPSA) is 52.6 Å². The van der Waals surface area contributed by atoms with Crippen molar-refractivity contribution in [2.45, 2.75) is 0 Å². The first-order valence-electron chi connectivity index (χ1n) is 8.84. The molecule has 0 bridgehead atoms. The van der Waals surface area contributed by atoms with E-state index in [1.54, 1.807) is 47.4 Å². The lowest BCUT2D eigenvalue weighted by Crippen LogP contribution is -2.49. The van der Waals surface area contributed by atoms with Crippen LogP contribution in [0.4, 0.5) is 0 Å². The van der Waals surface area contributed by atoms with Crippen molar-refractivity contribution >= 4 is 29.5 Å². The highest BCUT2D eigenvalue weighted by molar-refractivity contribution is 6.30. The zero-order chi connectivity index (χ0) is 19.2. The summed E-state index contributed by atoms with van der Waals surface area (Å²) in [6.07, 6.45) is 1.69. The van der Waals surface area contributed by atoms with Gasteiger partial charge in [-0.2, -0.15) is 0 Å². The monoisotopic (exact) mass is 383 g/mol. The number of carbonyl (C=O) groups excluding carboxylic acids is 2. The van der Waals surface area contributed by atoms with Crippen molar-refractivity contribution in [3.8, 4) is 0 Å². The second-order valence-corrected chi connectivity index (χ2v) is 6.96. The van der Waals surface area contributed by atoms with E-state index < -0.39 is 0 Å². The Morgan fingerprint density at radius 3 is 2.22 bits per heavy atom. The molecule has 0 saturated carbocycles. The van der Waals surface area contributed by atoms with Crippen LogP contribution in [-0.4, -0.2) is 54.8 Å². The van der Waals surface area contributed by atoms with Gasteiger partial charge in [-0.3, -0.25) is 9.59 Å². The minimum atomic E-state index is -0.307. The molecule has 0 unspecified atom stereocenters. The molecule has 1 fully saturated rings. The van der Waals surface area contributed by atoms with Gasteiger partial charge in [0.2, 0.25) is 0 Å². The van der Waals surface area contributed by atoms with Crippen LogP contribution >= 0.6 is 11.6 Å². The third kappa shape index (κ3) is 5.18. The van der Waals surface area contributed by atoms with Crippen LogP contribution in [0, 0.1) is 0 Å². The van der Waals surface area contributed by atoms with E-state index in [0.717, 1.165) is 18.7 Å². The van der Waals surface area contributed by atoms with Gasteiger partial charge in [0.1, 0.15) is 5.70 Å². The molecule has 1 aliphatic heterocycles. The number of carbonyl (C=O) groups is 2. The van der Waals surface area contributed by atoms with Crippen LogP contribution in [0.5, 0.6) is 0 Å². The average molecular weight is 384 g/mol.